The molecule has 1 unspecified atom stereocenters. The second-order valence-corrected chi connectivity index (χ2v) is 6.12. The molecule has 0 aliphatic heterocycles. The predicted molar refractivity (Wildman–Crippen MR) is 88.2 cm³/mol. The molecule has 0 amide bonds. The van der Waals surface area contributed by atoms with E-state index in [0.29, 0.717) is 5.02 Å². The average molecular weight is 329 g/mol. The predicted octanol–water partition coefficient (Wildman–Crippen LogP) is 5.46. The fraction of sp³-hybridized carbons (Fsp3) is 0.250. The largest absolute Gasteiger partial charge is 0.313 e. The number of aryl methyl sites for hydroxylation is 1. The molecule has 2 aromatic rings. The van der Waals surface area contributed by atoms with Gasteiger partial charge in [0.25, 0.3) is 0 Å². The van der Waals surface area contributed by atoms with Gasteiger partial charge in [-0.1, -0.05) is 40.9 Å². The minimum absolute atomic E-state index is 0.142. The van der Waals surface area contributed by atoms with Crippen LogP contribution < -0.4 is 5.32 Å². The van der Waals surface area contributed by atoms with Crippen molar-refractivity contribution < 1.29 is 0 Å². The van der Waals surface area contributed by atoms with Gasteiger partial charge in [0.05, 0.1) is 0 Å². The van der Waals surface area contributed by atoms with Crippen molar-refractivity contribution in [3.05, 3.63) is 68.2 Å². The lowest BCUT2D eigenvalue weighted by Crippen LogP contribution is -2.19. The molecule has 106 valence electrons. The van der Waals surface area contributed by atoms with E-state index in [0.717, 1.165) is 33.2 Å². The van der Waals surface area contributed by atoms with Crippen molar-refractivity contribution in [2.75, 3.05) is 7.05 Å². The van der Waals surface area contributed by atoms with Crippen LogP contribution in [0.3, 0.4) is 0 Å². The summed E-state index contributed by atoms with van der Waals surface area (Å²) in [6.45, 7) is 2.04. The maximum Gasteiger partial charge on any atom is 0.0439 e. The highest BCUT2D eigenvalue weighted by molar-refractivity contribution is 6.33. The highest BCUT2D eigenvalue weighted by atomic mass is 35.5. The van der Waals surface area contributed by atoms with Crippen LogP contribution in [0.25, 0.3) is 0 Å². The third kappa shape index (κ3) is 3.89. The van der Waals surface area contributed by atoms with Gasteiger partial charge < -0.3 is 5.32 Å². The monoisotopic (exact) mass is 327 g/mol. The van der Waals surface area contributed by atoms with E-state index >= 15 is 0 Å². The molecule has 2 aromatic carbocycles. The van der Waals surface area contributed by atoms with E-state index in [2.05, 4.69) is 11.4 Å². The van der Waals surface area contributed by atoms with Crippen molar-refractivity contribution in [1.82, 2.24) is 5.32 Å². The molecule has 20 heavy (non-hydrogen) atoms. The van der Waals surface area contributed by atoms with Gasteiger partial charge >= 0.3 is 0 Å². The highest BCUT2D eigenvalue weighted by Crippen LogP contribution is 2.27. The number of rotatable bonds is 4. The van der Waals surface area contributed by atoms with Crippen LogP contribution in [0.2, 0.25) is 15.1 Å². The molecule has 0 aliphatic carbocycles. The lowest BCUT2D eigenvalue weighted by Gasteiger charge is -2.18. The molecular formula is C16H16Cl3N. The third-order valence-corrected chi connectivity index (χ3v) is 4.07. The first-order chi connectivity index (χ1) is 9.49. The van der Waals surface area contributed by atoms with Crippen LogP contribution in [0.4, 0.5) is 0 Å². The zero-order valence-corrected chi connectivity index (χ0v) is 13.7. The molecule has 0 saturated carbocycles. The Morgan fingerprint density at radius 2 is 1.75 bits per heavy atom. The highest BCUT2D eigenvalue weighted by Gasteiger charge is 2.13. The molecule has 1 N–H and O–H groups in total. The summed E-state index contributed by atoms with van der Waals surface area (Å²) in [4.78, 5) is 0. The Morgan fingerprint density at radius 1 is 1.00 bits per heavy atom. The van der Waals surface area contributed by atoms with Crippen LogP contribution in [-0.4, -0.2) is 7.05 Å². The Kier molecular flexibility index (Phi) is 5.34. The summed E-state index contributed by atoms with van der Waals surface area (Å²) < 4.78 is 0. The molecular weight excluding hydrogens is 313 g/mol. The zero-order chi connectivity index (χ0) is 14.7. The van der Waals surface area contributed by atoms with Gasteiger partial charge in [-0.05, 0) is 67.4 Å². The lowest BCUT2D eigenvalue weighted by atomic mass is 9.97. The molecule has 0 aromatic heterocycles. The minimum Gasteiger partial charge on any atom is -0.313 e. The summed E-state index contributed by atoms with van der Waals surface area (Å²) in [6, 6.07) is 11.7. The van der Waals surface area contributed by atoms with Gasteiger partial charge in [0.15, 0.2) is 0 Å². The maximum absolute atomic E-state index is 6.23. The van der Waals surface area contributed by atoms with Crippen molar-refractivity contribution in [3.63, 3.8) is 0 Å². The van der Waals surface area contributed by atoms with Crippen LogP contribution >= 0.6 is 34.8 Å². The molecule has 0 spiro atoms. The number of hydrogen-bond acceptors (Lipinski definition) is 1. The summed E-state index contributed by atoms with van der Waals surface area (Å²) in [5.74, 6) is 0. The third-order valence-electron chi connectivity index (χ3n) is 3.25. The Balaban J connectivity index is 2.30. The number of nitrogens with one attached hydrogen (secondary N) is 1. The van der Waals surface area contributed by atoms with Crippen molar-refractivity contribution in [3.8, 4) is 0 Å². The Morgan fingerprint density at radius 3 is 2.40 bits per heavy atom. The van der Waals surface area contributed by atoms with E-state index in [1.54, 1.807) is 6.07 Å². The van der Waals surface area contributed by atoms with Gasteiger partial charge in [0.2, 0.25) is 0 Å². The number of likely N-dealkylation sites (N-methyl/N-ethyl adjacent to an activating group) is 1. The first-order valence-corrected chi connectivity index (χ1v) is 7.51. The van der Waals surface area contributed by atoms with E-state index < -0.39 is 0 Å². The van der Waals surface area contributed by atoms with E-state index in [4.69, 9.17) is 34.8 Å². The van der Waals surface area contributed by atoms with Crippen molar-refractivity contribution in [2.45, 2.75) is 19.4 Å². The Labute approximate surface area is 134 Å². The van der Waals surface area contributed by atoms with Crippen LogP contribution in [0, 0.1) is 6.92 Å². The van der Waals surface area contributed by atoms with Crippen LogP contribution in [0.5, 0.6) is 0 Å². The maximum atomic E-state index is 6.23. The van der Waals surface area contributed by atoms with Gasteiger partial charge in [-0.15, -0.1) is 0 Å². The van der Waals surface area contributed by atoms with Gasteiger partial charge in [-0.25, -0.2) is 0 Å². The van der Waals surface area contributed by atoms with Crippen molar-refractivity contribution in [1.29, 1.82) is 0 Å². The topological polar surface area (TPSA) is 12.0 Å². The SMILES string of the molecule is CNC(Cc1cc(Cl)ccc1Cl)c1cc(C)cc(Cl)c1. The molecule has 1 nitrogen and oxygen atoms in total. The van der Waals surface area contributed by atoms with E-state index in [1.807, 2.05) is 38.2 Å². The summed E-state index contributed by atoms with van der Waals surface area (Å²) in [6.07, 6.45) is 0.760. The summed E-state index contributed by atoms with van der Waals surface area (Å²) in [5, 5.41) is 5.48. The standard InChI is InChI=1S/C16H16Cl3N/c1-10-5-12(8-14(18)6-10)16(20-2)9-11-7-13(17)3-4-15(11)19/h3-8,16,20H,9H2,1-2H3. The van der Waals surface area contributed by atoms with Crippen molar-refractivity contribution >= 4 is 34.8 Å². The first-order valence-electron chi connectivity index (χ1n) is 6.38. The molecule has 4 heteroatoms. The fourth-order valence-electron chi connectivity index (χ4n) is 2.27. The molecule has 0 heterocycles. The number of benzene rings is 2. The van der Waals surface area contributed by atoms with Gasteiger partial charge in [0, 0.05) is 21.1 Å². The molecule has 0 aliphatic rings. The molecule has 2 rings (SSSR count). The molecule has 1 atom stereocenters. The Bertz CT molecular complexity index is 590. The van der Waals surface area contributed by atoms with Gasteiger partial charge in [0.1, 0.15) is 0 Å². The second kappa shape index (κ2) is 6.82. The van der Waals surface area contributed by atoms with Crippen molar-refractivity contribution in [2.24, 2.45) is 0 Å². The quantitative estimate of drug-likeness (QED) is 0.786. The van der Waals surface area contributed by atoms with E-state index in [9.17, 15) is 0 Å². The van der Waals surface area contributed by atoms with Crippen LogP contribution in [0.15, 0.2) is 36.4 Å². The Hall–Kier alpha value is -0.730. The van der Waals surface area contributed by atoms with E-state index in [1.165, 1.54) is 0 Å². The number of hydrogen-bond donors (Lipinski definition) is 1. The fourth-order valence-corrected chi connectivity index (χ4v) is 2.96. The molecule has 0 saturated heterocycles. The lowest BCUT2D eigenvalue weighted by molar-refractivity contribution is 0.592. The van der Waals surface area contributed by atoms with Crippen LogP contribution in [0.1, 0.15) is 22.7 Å². The van der Waals surface area contributed by atoms with E-state index in [-0.39, 0.29) is 6.04 Å². The van der Waals surface area contributed by atoms with Crippen LogP contribution in [-0.2, 0) is 6.42 Å². The zero-order valence-electron chi connectivity index (χ0n) is 11.4. The average Bonchev–Trinajstić information content (AvgIpc) is 2.38. The molecule has 0 bridgehead atoms. The summed E-state index contributed by atoms with van der Waals surface area (Å²) in [7, 11) is 1.93. The summed E-state index contributed by atoms with van der Waals surface area (Å²) >= 11 is 18.4. The van der Waals surface area contributed by atoms with Gasteiger partial charge in [-0.2, -0.15) is 0 Å². The number of halogens is 3. The van der Waals surface area contributed by atoms with Gasteiger partial charge in [-0.3, -0.25) is 0 Å². The smallest absolute Gasteiger partial charge is 0.0439 e. The second-order valence-electron chi connectivity index (χ2n) is 4.84. The molecule has 0 fully saturated rings. The normalized spacial score (nSPS) is 12.4. The minimum atomic E-state index is 0.142. The first kappa shape index (κ1) is 15.7. The molecule has 0 radical (unpaired) electrons. The summed E-state index contributed by atoms with van der Waals surface area (Å²) in [5.41, 5.74) is 3.31.